The van der Waals surface area contributed by atoms with E-state index in [-0.39, 0.29) is 48.3 Å². The predicted octanol–water partition coefficient (Wildman–Crippen LogP) is -3.42. The van der Waals surface area contributed by atoms with Gasteiger partial charge in [0, 0.05) is 59.8 Å². The van der Waals surface area contributed by atoms with Gasteiger partial charge in [-0.05, 0) is 79.6 Å². The lowest BCUT2D eigenvalue weighted by Crippen LogP contribution is -2.62. The molecule has 1 aliphatic rings. The number of nitrogens with two attached hydrogens (primary N) is 3. The number of carbonyl (C=O) groups is 21. The second-order valence-electron chi connectivity index (χ2n) is 30.5. The van der Waals surface area contributed by atoms with Crippen molar-refractivity contribution in [1.29, 1.82) is 0 Å². The summed E-state index contributed by atoms with van der Waals surface area (Å²) in [6, 6.07) is -1.38. The largest absolute Gasteiger partial charge is 0.481 e. The van der Waals surface area contributed by atoms with Crippen LogP contribution < -0.4 is 91.6 Å². The highest BCUT2D eigenvalue weighted by molar-refractivity contribution is 6.12. The molecular weight excluding hydrogens is 1680 g/mol. The highest BCUT2D eigenvalue weighted by atomic mass is 16.5. The van der Waals surface area contributed by atoms with E-state index in [0.29, 0.717) is 40.1 Å². The number of nitrogens with one attached hydrogen (secondary N) is 15. The SMILES string of the molecule is CCCCCCCCCC(=O)N[C@@H](Cc1c[nH]c2ccccc12)C(=O)N[C@@H](CC(N)=O)C(=O)N[C@@H](CC(=O)O)C(=O)NC1C(=O)NCC(=O)N[C@@H](CCCNC(=O)c2c(N)ccc3ccccc23)C(=O)NC(CC(=O)O)C(=O)N[C@H](C)C(=O)N[C@@H](CC(=O)O)C(=O)NCC(=O)N[C@H](CO)C(=O)NC([C@H](C)CC(=O)O)C(=O)N[C@@H](CC(=O)c2ccccc2N)C(=O)OC1C. The summed E-state index contributed by atoms with van der Waals surface area (Å²) >= 11 is 0. The predicted molar refractivity (Wildman–Crippen MR) is 452 cm³/mol. The number of hydrogen-bond acceptors (Lipinski definition) is 25. The van der Waals surface area contributed by atoms with E-state index in [2.05, 4.69) is 70.4 Å². The van der Waals surface area contributed by atoms with Crippen molar-refractivity contribution in [2.45, 2.75) is 209 Å². The van der Waals surface area contributed by atoms with Gasteiger partial charge in [0.2, 0.25) is 82.7 Å². The number of aliphatic hydroxyl groups is 1. The molecule has 128 heavy (non-hydrogen) atoms. The lowest BCUT2D eigenvalue weighted by molar-refractivity contribution is -0.156. The van der Waals surface area contributed by atoms with Crippen molar-refractivity contribution < 1.29 is 131 Å². The van der Waals surface area contributed by atoms with Gasteiger partial charge in [-0.1, -0.05) is 113 Å². The molecule has 1 fully saturated rings. The van der Waals surface area contributed by atoms with Crippen molar-refractivity contribution in [2.24, 2.45) is 11.7 Å². The van der Waals surface area contributed by atoms with E-state index in [1.165, 1.54) is 30.3 Å². The molecule has 45 nitrogen and oxygen atoms in total. The van der Waals surface area contributed by atoms with Gasteiger partial charge in [0.1, 0.15) is 72.6 Å². The maximum absolute atomic E-state index is 15.0. The van der Waals surface area contributed by atoms with Crippen LogP contribution in [0.5, 0.6) is 0 Å². The molecule has 1 aromatic heterocycles. The van der Waals surface area contributed by atoms with E-state index >= 15 is 9.59 Å². The van der Waals surface area contributed by atoms with Gasteiger partial charge < -0.3 is 127 Å². The Morgan fingerprint density at radius 2 is 1.07 bits per heavy atom. The number of carboxylic acids is 4. The summed E-state index contributed by atoms with van der Waals surface area (Å²) in [4.78, 5) is 294. The molecule has 0 radical (unpaired) electrons. The van der Waals surface area contributed by atoms with E-state index in [4.69, 9.17) is 21.9 Å². The third kappa shape index (κ3) is 32.4. The van der Waals surface area contributed by atoms with Gasteiger partial charge >= 0.3 is 29.8 Å². The number of para-hydroxylation sites is 2. The lowest BCUT2D eigenvalue weighted by Gasteiger charge is -2.30. The molecule has 2 heterocycles. The maximum Gasteiger partial charge on any atom is 0.329 e. The first kappa shape index (κ1) is 102. The van der Waals surface area contributed by atoms with Gasteiger partial charge in [0.05, 0.1) is 57.4 Å². The van der Waals surface area contributed by atoms with Gasteiger partial charge in [-0.25, -0.2) is 4.79 Å². The Balaban J connectivity index is 1.44. The van der Waals surface area contributed by atoms with Gasteiger partial charge in [-0.3, -0.25) is 95.9 Å². The number of aromatic amines is 1. The van der Waals surface area contributed by atoms with Crippen molar-refractivity contribution in [2.75, 3.05) is 37.7 Å². The third-order valence-electron chi connectivity index (χ3n) is 20.3. The van der Waals surface area contributed by atoms with Crippen molar-refractivity contribution >= 4 is 157 Å². The number of aromatic nitrogens is 1. The molecule has 15 amide bonds. The van der Waals surface area contributed by atoms with Crippen LogP contribution in [0, 0.1) is 5.92 Å². The number of aliphatic hydroxyl groups excluding tert-OH is 1. The number of aliphatic carboxylic acids is 4. The van der Waals surface area contributed by atoms with Crippen LogP contribution in [-0.4, -0.2) is 254 Å². The lowest BCUT2D eigenvalue weighted by atomic mass is 9.96. The molecule has 1 aliphatic heterocycles. The summed E-state index contributed by atoms with van der Waals surface area (Å²) in [6.07, 6.45) is -3.03. The fourth-order valence-corrected chi connectivity index (χ4v) is 13.6. The number of esters is 1. The number of H-pyrrole nitrogens is 1. The number of unbranched alkanes of at least 4 members (excludes halogenated alkanes) is 6. The molecule has 692 valence electrons. The average molecular weight is 1790 g/mol. The van der Waals surface area contributed by atoms with Crippen molar-refractivity contribution in [3.63, 3.8) is 0 Å². The zero-order valence-corrected chi connectivity index (χ0v) is 70.5. The van der Waals surface area contributed by atoms with Crippen LogP contribution in [0.1, 0.15) is 157 Å². The van der Waals surface area contributed by atoms with E-state index in [1.54, 1.807) is 60.8 Å². The van der Waals surface area contributed by atoms with Crippen LogP contribution >= 0.6 is 0 Å². The first-order valence-corrected chi connectivity index (χ1v) is 41.0. The molecule has 4 aromatic carbocycles. The quantitative estimate of drug-likeness (QED) is 0.00797. The fourth-order valence-electron chi connectivity index (χ4n) is 13.6. The van der Waals surface area contributed by atoms with E-state index in [0.717, 1.165) is 52.9 Å². The normalized spacial score (nSPS) is 20.2. The summed E-state index contributed by atoms with van der Waals surface area (Å²) in [5, 5.41) is 83.1. The number of benzene rings is 4. The molecule has 0 bridgehead atoms. The number of Topliss-reactive ketones (excluding diaryl/α,β-unsaturated/α-hetero) is 1. The number of primary amides is 1. The van der Waals surface area contributed by atoms with E-state index in [9.17, 15) is 117 Å². The number of ether oxygens (including phenoxy) is 1. The Morgan fingerprint density at radius 1 is 0.516 bits per heavy atom. The summed E-state index contributed by atoms with van der Waals surface area (Å²) < 4.78 is 5.74. The Morgan fingerprint density at radius 3 is 1.70 bits per heavy atom. The first-order valence-electron chi connectivity index (χ1n) is 41.0. The Labute approximate surface area is 731 Å². The minimum Gasteiger partial charge on any atom is -0.481 e. The van der Waals surface area contributed by atoms with Crippen LogP contribution in [0.3, 0.4) is 0 Å². The third-order valence-corrected chi connectivity index (χ3v) is 20.3. The van der Waals surface area contributed by atoms with Gasteiger partial charge in [-0.15, -0.1) is 0 Å². The number of anilines is 2. The minimum absolute atomic E-state index is 0.0331. The fraction of sp³-hybridized carbons (Fsp3) is 0.458. The molecule has 26 N–H and O–H groups in total. The molecule has 6 rings (SSSR count). The number of ketones is 1. The zero-order valence-electron chi connectivity index (χ0n) is 70.5. The van der Waals surface area contributed by atoms with Crippen molar-refractivity contribution in [1.82, 2.24) is 79.4 Å². The molecule has 13 atom stereocenters. The number of nitrogen functional groups attached to an aromatic ring is 2. The number of rotatable bonds is 37. The molecule has 1 saturated heterocycles. The number of carboxylic acid groups (broad SMARTS) is 4. The van der Waals surface area contributed by atoms with Crippen LogP contribution in [-0.2, 0) is 102 Å². The molecule has 0 saturated carbocycles. The maximum atomic E-state index is 15.0. The minimum atomic E-state index is -2.51. The number of cyclic esters (lactones) is 1. The van der Waals surface area contributed by atoms with Crippen molar-refractivity contribution in [3.05, 3.63) is 108 Å². The molecule has 4 unspecified atom stereocenters. The van der Waals surface area contributed by atoms with E-state index in [1.807, 2.05) is 16.0 Å². The Bertz CT molecular complexity index is 4940. The highest BCUT2D eigenvalue weighted by Crippen LogP contribution is 2.26. The standard InChI is InChI=1S/C83H108N18O27/c1-5-6-7-8-9-10-11-26-62(105)93-53(31-45-37-88-51-24-17-15-20-46(45)51)76(120)96-54(33-61(86)104)77(121)98-57(36-68(114)115)78(122)101-71-43(4)128-83(127)58(32-60(103)48-22-14-16-23-49(48)84)99-82(126)70(41(2)30-65(108)109)100-79(123)59(40-102)94-64(107)38-89-73(117)55(34-66(110)111)95-72(116)42(3)91-75(119)56(35-67(112)113)97-74(118)52(92-63(106)39-90-81(71)125)25-18-29-87-80(124)69-47-21-13-12-19-44(47)27-28-50(69)85/h12-17,19-24,27-28,37,41-43,52-59,70-71,88,102H,5-11,18,25-26,29-36,38-40,84-85H2,1-4H3,(H2,86,104)(H,87,124)(H,89,117)(H,90,125)(H,91,119)(H,92,106)(H,93,105)(H,94,107)(H,95,116)(H,96,120)(H,97,118)(H,98,121)(H,99,126)(H,100,123)(H,101,122)(H,108,109)(H,110,111)(H,112,113)(H,114,115)/t41-,42-,43?,52+,53+,54+,55+,56?,57+,58+,59-,70?,71?/m1/s1. The van der Waals surface area contributed by atoms with E-state index < -0.39 is 267 Å². The molecule has 5 aromatic rings. The van der Waals surface area contributed by atoms with Crippen molar-refractivity contribution in [3.8, 4) is 0 Å². The van der Waals surface area contributed by atoms with Crippen LogP contribution in [0.25, 0.3) is 21.7 Å². The summed E-state index contributed by atoms with van der Waals surface area (Å²) in [6.45, 7) is 0.809. The number of carbonyl (C=O) groups excluding carboxylic acids is 17. The second kappa shape index (κ2) is 50.3. The topological polar surface area (TPSA) is 731 Å². The van der Waals surface area contributed by atoms with Crippen LogP contribution in [0.2, 0.25) is 0 Å². The Hall–Kier alpha value is -14.7. The van der Waals surface area contributed by atoms with Gasteiger partial charge in [0.25, 0.3) is 5.91 Å². The zero-order chi connectivity index (χ0) is 94.6. The molecular formula is C83H108N18O27. The number of amides is 15. The summed E-state index contributed by atoms with van der Waals surface area (Å²) in [5.74, 6) is -31.1. The number of hydrogen-bond donors (Lipinski definition) is 23. The Kier molecular flexibility index (Phi) is 40.1. The first-order chi connectivity index (χ1) is 60.7. The summed E-state index contributed by atoms with van der Waals surface area (Å²) in [5.41, 5.74) is 18.7. The smallest absolute Gasteiger partial charge is 0.329 e. The van der Waals surface area contributed by atoms with Gasteiger partial charge in [0.15, 0.2) is 5.78 Å². The van der Waals surface area contributed by atoms with Gasteiger partial charge in [-0.2, -0.15) is 0 Å². The summed E-state index contributed by atoms with van der Waals surface area (Å²) in [7, 11) is 0. The number of fused-ring (bicyclic) bond motifs is 2. The second-order valence-corrected chi connectivity index (χ2v) is 30.5. The molecule has 0 aliphatic carbocycles. The average Bonchev–Trinajstić information content (AvgIpc) is 0.887. The monoisotopic (exact) mass is 1790 g/mol. The van der Waals surface area contributed by atoms with Crippen LogP contribution in [0.4, 0.5) is 11.4 Å². The van der Waals surface area contributed by atoms with Crippen LogP contribution in [0.15, 0.2) is 91.1 Å². The molecule has 0 spiro atoms. The highest BCUT2D eigenvalue weighted by Gasteiger charge is 2.41. The molecule has 45 heteroatoms.